The number of fused-ring (bicyclic) bond motifs is 2. The van der Waals surface area contributed by atoms with Gasteiger partial charge < -0.3 is 9.72 Å². The molecule has 3 heteroatoms. The number of nitrogens with one attached hydrogen (secondary N) is 1. The second kappa shape index (κ2) is 4.72. The maximum atomic E-state index is 12.5. The SMILES string of the molecule is CC(C)Oc1ccc2[nH]c3c(c(=O)c2c1)CCCC3. The van der Waals surface area contributed by atoms with Crippen LogP contribution >= 0.6 is 0 Å². The molecule has 0 fully saturated rings. The average molecular weight is 257 g/mol. The highest BCUT2D eigenvalue weighted by Gasteiger charge is 2.15. The summed E-state index contributed by atoms with van der Waals surface area (Å²) >= 11 is 0. The number of aromatic nitrogens is 1. The molecule has 0 aliphatic heterocycles. The van der Waals surface area contributed by atoms with E-state index in [2.05, 4.69) is 4.98 Å². The van der Waals surface area contributed by atoms with Crippen molar-refractivity contribution in [3.05, 3.63) is 39.7 Å². The smallest absolute Gasteiger partial charge is 0.192 e. The Morgan fingerprint density at radius 2 is 2.00 bits per heavy atom. The first-order valence-electron chi connectivity index (χ1n) is 6.99. The topological polar surface area (TPSA) is 42.1 Å². The number of aromatic amines is 1. The Hall–Kier alpha value is -1.77. The number of benzene rings is 1. The fourth-order valence-corrected chi connectivity index (χ4v) is 2.78. The van der Waals surface area contributed by atoms with Gasteiger partial charge in [-0.15, -0.1) is 0 Å². The van der Waals surface area contributed by atoms with E-state index in [1.165, 1.54) is 6.42 Å². The van der Waals surface area contributed by atoms with Crippen LogP contribution in [-0.2, 0) is 12.8 Å². The van der Waals surface area contributed by atoms with Crippen LogP contribution in [0.4, 0.5) is 0 Å². The molecule has 1 aromatic heterocycles. The third kappa shape index (κ3) is 2.25. The second-order valence-electron chi connectivity index (χ2n) is 5.49. The molecule has 0 bridgehead atoms. The van der Waals surface area contributed by atoms with E-state index in [1.54, 1.807) is 0 Å². The normalized spacial score (nSPS) is 14.7. The van der Waals surface area contributed by atoms with Gasteiger partial charge in [-0.1, -0.05) is 0 Å². The molecule has 0 saturated carbocycles. The number of pyridine rings is 1. The average Bonchev–Trinajstić information content (AvgIpc) is 2.39. The van der Waals surface area contributed by atoms with E-state index in [1.807, 2.05) is 32.0 Å². The minimum absolute atomic E-state index is 0.120. The van der Waals surface area contributed by atoms with Gasteiger partial charge in [-0.2, -0.15) is 0 Å². The van der Waals surface area contributed by atoms with Gasteiger partial charge in [-0.05, 0) is 57.7 Å². The van der Waals surface area contributed by atoms with Gasteiger partial charge in [0.1, 0.15) is 5.75 Å². The molecule has 0 spiro atoms. The molecular formula is C16H19NO2. The van der Waals surface area contributed by atoms with E-state index in [9.17, 15) is 4.79 Å². The molecule has 1 aliphatic rings. The molecule has 3 rings (SSSR count). The molecule has 19 heavy (non-hydrogen) atoms. The third-order valence-electron chi connectivity index (χ3n) is 3.63. The Morgan fingerprint density at radius 3 is 2.79 bits per heavy atom. The van der Waals surface area contributed by atoms with Crippen LogP contribution in [0, 0.1) is 0 Å². The Balaban J connectivity index is 2.17. The fourth-order valence-electron chi connectivity index (χ4n) is 2.78. The number of rotatable bonds is 2. The molecule has 2 aromatic rings. The van der Waals surface area contributed by atoms with E-state index < -0.39 is 0 Å². The predicted octanol–water partition coefficient (Wildman–Crippen LogP) is 3.19. The molecule has 0 amide bonds. The maximum absolute atomic E-state index is 12.5. The second-order valence-corrected chi connectivity index (χ2v) is 5.49. The van der Waals surface area contributed by atoms with Crippen molar-refractivity contribution >= 4 is 10.9 Å². The molecule has 1 N–H and O–H groups in total. The van der Waals surface area contributed by atoms with Crippen LogP contribution in [-0.4, -0.2) is 11.1 Å². The lowest BCUT2D eigenvalue weighted by Gasteiger charge is -2.16. The zero-order valence-electron chi connectivity index (χ0n) is 11.5. The molecule has 1 heterocycles. The third-order valence-corrected chi connectivity index (χ3v) is 3.63. The predicted molar refractivity (Wildman–Crippen MR) is 77.0 cm³/mol. The van der Waals surface area contributed by atoms with Crippen molar-refractivity contribution in [1.29, 1.82) is 0 Å². The summed E-state index contributed by atoms with van der Waals surface area (Å²) in [6, 6.07) is 5.74. The summed E-state index contributed by atoms with van der Waals surface area (Å²) in [5.41, 5.74) is 3.20. The Labute approximate surface area is 112 Å². The number of hydrogen-bond donors (Lipinski definition) is 1. The summed E-state index contributed by atoms with van der Waals surface area (Å²) in [5, 5.41) is 0.749. The van der Waals surface area contributed by atoms with Gasteiger partial charge in [0, 0.05) is 22.2 Å². The lowest BCUT2D eigenvalue weighted by atomic mass is 9.94. The minimum atomic E-state index is 0.120. The zero-order chi connectivity index (χ0) is 13.4. The number of H-pyrrole nitrogens is 1. The standard InChI is InChI=1S/C16H19NO2/c1-10(2)19-11-7-8-15-13(9-11)16(18)12-5-3-4-6-14(12)17-15/h7-10H,3-6H2,1-2H3,(H,17,18). The first-order valence-corrected chi connectivity index (χ1v) is 6.99. The summed E-state index contributed by atoms with van der Waals surface area (Å²) in [6.07, 6.45) is 4.29. The van der Waals surface area contributed by atoms with Gasteiger partial charge in [0.05, 0.1) is 6.10 Å². The van der Waals surface area contributed by atoms with Crippen LogP contribution in [0.2, 0.25) is 0 Å². The minimum Gasteiger partial charge on any atom is -0.491 e. The van der Waals surface area contributed by atoms with Crippen molar-refractivity contribution in [2.75, 3.05) is 0 Å². The number of hydrogen-bond acceptors (Lipinski definition) is 2. The lowest BCUT2D eigenvalue weighted by molar-refractivity contribution is 0.243. The van der Waals surface area contributed by atoms with E-state index in [0.717, 1.165) is 47.2 Å². The Morgan fingerprint density at radius 1 is 1.21 bits per heavy atom. The van der Waals surface area contributed by atoms with Crippen LogP contribution in [0.5, 0.6) is 5.75 Å². The van der Waals surface area contributed by atoms with E-state index in [4.69, 9.17) is 4.74 Å². The first kappa shape index (κ1) is 12.3. The molecule has 1 aromatic carbocycles. The van der Waals surface area contributed by atoms with Crippen molar-refractivity contribution in [3.8, 4) is 5.75 Å². The monoisotopic (exact) mass is 257 g/mol. The summed E-state index contributed by atoms with van der Waals surface area (Å²) in [6.45, 7) is 3.97. The number of aryl methyl sites for hydroxylation is 1. The Bertz CT molecular complexity index is 670. The van der Waals surface area contributed by atoms with Crippen LogP contribution < -0.4 is 10.2 Å². The lowest BCUT2D eigenvalue weighted by Crippen LogP contribution is -2.18. The van der Waals surface area contributed by atoms with E-state index in [-0.39, 0.29) is 11.5 Å². The molecule has 100 valence electrons. The molecule has 1 aliphatic carbocycles. The van der Waals surface area contributed by atoms with Gasteiger partial charge in [0.25, 0.3) is 0 Å². The molecule has 0 saturated heterocycles. The van der Waals surface area contributed by atoms with Crippen LogP contribution in [0.25, 0.3) is 10.9 Å². The van der Waals surface area contributed by atoms with Crippen LogP contribution in [0.3, 0.4) is 0 Å². The van der Waals surface area contributed by atoms with Crippen molar-refractivity contribution in [1.82, 2.24) is 4.98 Å². The van der Waals surface area contributed by atoms with Gasteiger partial charge >= 0.3 is 0 Å². The highest BCUT2D eigenvalue weighted by molar-refractivity contribution is 5.81. The highest BCUT2D eigenvalue weighted by Crippen LogP contribution is 2.23. The molecule has 3 nitrogen and oxygen atoms in total. The zero-order valence-corrected chi connectivity index (χ0v) is 11.5. The van der Waals surface area contributed by atoms with Crippen molar-refractivity contribution < 1.29 is 4.74 Å². The van der Waals surface area contributed by atoms with Gasteiger partial charge in [-0.25, -0.2) is 0 Å². The van der Waals surface area contributed by atoms with Crippen LogP contribution in [0.1, 0.15) is 37.9 Å². The number of ether oxygens (including phenoxy) is 1. The summed E-state index contributed by atoms with van der Waals surface area (Å²) < 4.78 is 5.67. The largest absolute Gasteiger partial charge is 0.491 e. The van der Waals surface area contributed by atoms with Gasteiger partial charge in [-0.3, -0.25) is 4.79 Å². The summed E-state index contributed by atoms with van der Waals surface area (Å²) in [4.78, 5) is 15.9. The molecule has 0 unspecified atom stereocenters. The Kier molecular flexibility index (Phi) is 3.05. The van der Waals surface area contributed by atoms with Crippen molar-refractivity contribution in [3.63, 3.8) is 0 Å². The van der Waals surface area contributed by atoms with E-state index in [0.29, 0.717) is 0 Å². The van der Waals surface area contributed by atoms with Crippen molar-refractivity contribution in [2.24, 2.45) is 0 Å². The highest BCUT2D eigenvalue weighted by atomic mass is 16.5. The fraction of sp³-hybridized carbons (Fsp3) is 0.438. The maximum Gasteiger partial charge on any atom is 0.192 e. The summed E-state index contributed by atoms with van der Waals surface area (Å²) in [5.74, 6) is 0.767. The molecule has 0 atom stereocenters. The van der Waals surface area contributed by atoms with Crippen molar-refractivity contribution in [2.45, 2.75) is 45.6 Å². The summed E-state index contributed by atoms with van der Waals surface area (Å²) in [7, 11) is 0. The first-order chi connectivity index (χ1) is 9.15. The van der Waals surface area contributed by atoms with Gasteiger partial charge in [0.2, 0.25) is 0 Å². The molecular weight excluding hydrogens is 238 g/mol. The molecule has 0 radical (unpaired) electrons. The van der Waals surface area contributed by atoms with Crippen LogP contribution in [0.15, 0.2) is 23.0 Å². The van der Waals surface area contributed by atoms with E-state index >= 15 is 0 Å². The van der Waals surface area contributed by atoms with Gasteiger partial charge in [0.15, 0.2) is 5.43 Å². The quantitative estimate of drug-likeness (QED) is 0.897.